The van der Waals surface area contributed by atoms with E-state index in [1.807, 2.05) is 12.4 Å². The molecule has 2 rings (SSSR count). The summed E-state index contributed by atoms with van der Waals surface area (Å²) in [4.78, 5) is 11.5. The van der Waals surface area contributed by atoms with Gasteiger partial charge in [-0.2, -0.15) is 0 Å². The molecule has 0 saturated heterocycles. The van der Waals surface area contributed by atoms with Crippen LogP contribution in [0.2, 0.25) is 0 Å². The highest BCUT2D eigenvalue weighted by Gasteiger charge is 2.29. The van der Waals surface area contributed by atoms with Crippen molar-refractivity contribution in [2.24, 2.45) is 5.92 Å². The van der Waals surface area contributed by atoms with Crippen molar-refractivity contribution < 1.29 is 0 Å². The maximum absolute atomic E-state index is 4.75. The number of hydrogen-bond donors (Lipinski definition) is 1. The highest BCUT2D eigenvalue weighted by Crippen LogP contribution is 2.30. The lowest BCUT2D eigenvalue weighted by Gasteiger charge is -2.22. The number of nitrogens with zero attached hydrogens (tertiary/aromatic N) is 3. The van der Waals surface area contributed by atoms with E-state index in [1.165, 1.54) is 12.8 Å². The minimum Gasteiger partial charge on any atom is -0.352 e. The molecule has 1 aliphatic rings. The smallest absolute Gasteiger partial charge is 0.147 e. The maximum atomic E-state index is 4.75. The molecule has 1 aliphatic carbocycles. The van der Waals surface area contributed by atoms with Crippen LogP contribution in [0.5, 0.6) is 0 Å². The van der Waals surface area contributed by atoms with Crippen molar-refractivity contribution in [2.75, 3.05) is 18.0 Å². The Labute approximate surface area is 116 Å². The summed E-state index contributed by atoms with van der Waals surface area (Å²) in [5.74, 6) is 1.72. The van der Waals surface area contributed by atoms with Crippen molar-refractivity contribution in [3.8, 4) is 0 Å². The molecule has 1 fully saturated rings. The Balaban J connectivity index is 1.96. The Morgan fingerprint density at radius 2 is 2.16 bits per heavy atom. The number of aromatic nitrogens is 2. The summed E-state index contributed by atoms with van der Waals surface area (Å²) >= 11 is 0. The van der Waals surface area contributed by atoms with Gasteiger partial charge < -0.3 is 10.2 Å². The first kappa shape index (κ1) is 14.3. The molecule has 1 aromatic heterocycles. The van der Waals surface area contributed by atoms with E-state index in [9.17, 15) is 0 Å². The summed E-state index contributed by atoms with van der Waals surface area (Å²) in [5, 5.41) is 3.42. The van der Waals surface area contributed by atoms with Crippen LogP contribution in [0.15, 0.2) is 12.4 Å². The van der Waals surface area contributed by atoms with Crippen molar-refractivity contribution in [3.05, 3.63) is 18.1 Å². The minimum atomic E-state index is 0.666. The normalized spacial score (nSPS) is 14.9. The van der Waals surface area contributed by atoms with Gasteiger partial charge in [-0.1, -0.05) is 20.8 Å². The van der Waals surface area contributed by atoms with Crippen molar-refractivity contribution in [2.45, 2.75) is 52.6 Å². The van der Waals surface area contributed by atoms with Gasteiger partial charge >= 0.3 is 0 Å². The van der Waals surface area contributed by atoms with E-state index in [1.54, 1.807) is 0 Å². The molecule has 1 heterocycles. The molecule has 0 atom stereocenters. The molecular weight excluding hydrogens is 236 g/mol. The Morgan fingerprint density at radius 1 is 1.37 bits per heavy atom. The lowest BCUT2D eigenvalue weighted by molar-refractivity contribution is 0.547. The van der Waals surface area contributed by atoms with Crippen LogP contribution in [0.4, 0.5) is 5.82 Å². The van der Waals surface area contributed by atoms with Crippen molar-refractivity contribution in [1.29, 1.82) is 0 Å². The van der Waals surface area contributed by atoms with Crippen LogP contribution in [-0.4, -0.2) is 29.1 Å². The second-order valence-electron chi connectivity index (χ2n) is 5.82. The predicted molar refractivity (Wildman–Crippen MR) is 79.2 cm³/mol. The van der Waals surface area contributed by atoms with E-state index < -0.39 is 0 Å². The van der Waals surface area contributed by atoms with Crippen molar-refractivity contribution >= 4 is 5.82 Å². The number of rotatable bonds is 8. The standard InChI is InChI=1S/C15H26N4/c1-4-7-19(14-5-6-14)15-11-17-10-13(18-15)9-16-8-12(2)3/h10-12,14,16H,4-9H2,1-3H3. The van der Waals surface area contributed by atoms with Crippen LogP contribution >= 0.6 is 0 Å². The summed E-state index contributed by atoms with van der Waals surface area (Å²) in [7, 11) is 0. The molecule has 4 nitrogen and oxygen atoms in total. The predicted octanol–water partition coefficient (Wildman–Crippen LogP) is 2.60. The first-order valence-electron chi connectivity index (χ1n) is 7.49. The Hall–Kier alpha value is -1.16. The molecule has 0 spiro atoms. The summed E-state index contributed by atoms with van der Waals surface area (Å²) < 4.78 is 0. The van der Waals surface area contributed by atoms with Gasteiger partial charge in [0.15, 0.2) is 0 Å². The number of nitrogens with one attached hydrogen (secondary N) is 1. The molecule has 1 aromatic rings. The number of anilines is 1. The van der Waals surface area contributed by atoms with E-state index >= 15 is 0 Å². The average Bonchev–Trinajstić information content (AvgIpc) is 3.20. The quantitative estimate of drug-likeness (QED) is 0.782. The lowest BCUT2D eigenvalue weighted by atomic mass is 10.2. The summed E-state index contributed by atoms with van der Waals surface area (Å²) in [5.41, 5.74) is 1.04. The van der Waals surface area contributed by atoms with Crippen molar-refractivity contribution in [1.82, 2.24) is 15.3 Å². The van der Waals surface area contributed by atoms with E-state index in [0.717, 1.165) is 37.6 Å². The zero-order valence-electron chi connectivity index (χ0n) is 12.4. The Morgan fingerprint density at radius 3 is 2.79 bits per heavy atom. The molecule has 0 bridgehead atoms. The van der Waals surface area contributed by atoms with Crippen LogP contribution in [-0.2, 0) is 6.54 Å². The minimum absolute atomic E-state index is 0.666. The second-order valence-corrected chi connectivity index (χ2v) is 5.82. The van der Waals surface area contributed by atoms with Gasteiger partial charge in [0, 0.05) is 25.3 Å². The first-order chi connectivity index (χ1) is 9.20. The summed E-state index contributed by atoms with van der Waals surface area (Å²) in [6.45, 7) is 9.56. The van der Waals surface area contributed by atoms with Gasteiger partial charge in [0.25, 0.3) is 0 Å². The zero-order chi connectivity index (χ0) is 13.7. The van der Waals surface area contributed by atoms with Gasteiger partial charge in [-0.05, 0) is 31.7 Å². The van der Waals surface area contributed by atoms with Gasteiger partial charge in [0.05, 0.1) is 11.9 Å². The highest BCUT2D eigenvalue weighted by molar-refractivity contribution is 5.39. The molecule has 1 N–H and O–H groups in total. The third-order valence-corrected chi connectivity index (χ3v) is 3.28. The molecule has 0 radical (unpaired) electrons. The fourth-order valence-corrected chi connectivity index (χ4v) is 2.22. The Kier molecular flexibility index (Phi) is 5.14. The third-order valence-electron chi connectivity index (χ3n) is 3.28. The highest BCUT2D eigenvalue weighted by atomic mass is 15.2. The van der Waals surface area contributed by atoms with E-state index in [-0.39, 0.29) is 0 Å². The molecule has 4 heteroatoms. The third kappa shape index (κ3) is 4.46. The lowest BCUT2D eigenvalue weighted by Crippen LogP contribution is -2.28. The fraction of sp³-hybridized carbons (Fsp3) is 0.733. The SMILES string of the molecule is CCCN(c1cncc(CNCC(C)C)n1)C1CC1. The van der Waals surface area contributed by atoms with E-state index in [2.05, 4.69) is 36.0 Å². The molecular formula is C15H26N4. The van der Waals surface area contributed by atoms with Crippen LogP contribution in [0.3, 0.4) is 0 Å². The second kappa shape index (κ2) is 6.85. The average molecular weight is 262 g/mol. The molecule has 0 unspecified atom stereocenters. The van der Waals surface area contributed by atoms with Crippen LogP contribution in [0.1, 0.15) is 45.7 Å². The summed E-state index contributed by atoms with van der Waals surface area (Å²) in [6, 6.07) is 0.702. The van der Waals surface area contributed by atoms with Gasteiger partial charge in [-0.25, -0.2) is 4.98 Å². The first-order valence-corrected chi connectivity index (χ1v) is 7.49. The molecule has 106 valence electrons. The van der Waals surface area contributed by atoms with E-state index in [0.29, 0.717) is 12.0 Å². The summed E-state index contributed by atoms with van der Waals surface area (Å²) in [6.07, 6.45) is 7.54. The monoisotopic (exact) mass is 262 g/mol. The molecule has 0 amide bonds. The van der Waals surface area contributed by atoms with E-state index in [4.69, 9.17) is 4.98 Å². The topological polar surface area (TPSA) is 41.1 Å². The van der Waals surface area contributed by atoms with Gasteiger partial charge in [-0.15, -0.1) is 0 Å². The van der Waals surface area contributed by atoms with Gasteiger partial charge in [-0.3, -0.25) is 4.98 Å². The molecule has 0 aliphatic heterocycles. The molecule has 19 heavy (non-hydrogen) atoms. The van der Waals surface area contributed by atoms with Crippen LogP contribution in [0, 0.1) is 5.92 Å². The molecule has 1 saturated carbocycles. The molecule has 0 aromatic carbocycles. The van der Waals surface area contributed by atoms with Crippen LogP contribution in [0.25, 0.3) is 0 Å². The van der Waals surface area contributed by atoms with Crippen LogP contribution < -0.4 is 10.2 Å². The number of hydrogen-bond acceptors (Lipinski definition) is 4. The maximum Gasteiger partial charge on any atom is 0.147 e. The largest absolute Gasteiger partial charge is 0.352 e. The van der Waals surface area contributed by atoms with Gasteiger partial charge in [0.2, 0.25) is 0 Å². The van der Waals surface area contributed by atoms with Crippen molar-refractivity contribution in [3.63, 3.8) is 0 Å². The Bertz CT molecular complexity index is 387. The zero-order valence-corrected chi connectivity index (χ0v) is 12.4. The van der Waals surface area contributed by atoms with Gasteiger partial charge in [0.1, 0.15) is 5.82 Å². The fourth-order valence-electron chi connectivity index (χ4n) is 2.22.